The van der Waals surface area contributed by atoms with Crippen LogP contribution in [0.3, 0.4) is 0 Å². The minimum absolute atomic E-state index is 0.246. The number of nitrogens with one attached hydrogen (secondary N) is 2. The normalized spacial score (nSPS) is 10.2. The van der Waals surface area contributed by atoms with Gasteiger partial charge in [0.1, 0.15) is 17.5 Å². The lowest BCUT2D eigenvalue weighted by Crippen LogP contribution is -2.11. The molecule has 6 nitrogen and oxygen atoms in total. The number of carbonyl (C=O) groups excluding carboxylic acids is 1. The van der Waals surface area contributed by atoms with E-state index in [0.717, 1.165) is 49.7 Å². The van der Waals surface area contributed by atoms with Crippen molar-refractivity contribution in [3.8, 4) is 0 Å². The SMILES string of the molecule is CCCc1nc(NC)cc(NCCCCC(N)=O)n1. The average molecular weight is 265 g/mol. The second-order valence-electron chi connectivity index (χ2n) is 4.40. The first-order chi connectivity index (χ1) is 9.15. The second-order valence-corrected chi connectivity index (χ2v) is 4.40. The summed E-state index contributed by atoms with van der Waals surface area (Å²) in [6, 6.07) is 1.88. The first-order valence-electron chi connectivity index (χ1n) is 6.73. The molecule has 1 amide bonds. The quantitative estimate of drug-likeness (QED) is 0.589. The Morgan fingerprint density at radius 1 is 1.32 bits per heavy atom. The Morgan fingerprint density at radius 3 is 2.68 bits per heavy atom. The number of nitrogens with two attached hydrogens (primary N) is 1. The molecule has 0 aromatic carbocycles. The first kappa shape index (κ1) is 15.2. The predicted octanol–water partition coefficient (Wildman–Crippen LogP) is 1.54. The molecule has 1 heterocycles. The number of anilines is 2. The molecule has 1 rings (SSSR count). The van der Waals surface area contributed by atoms with Crippen LogP contribution >= 0.6 is 0 Å². The van der Waals surface area contributed by atoms with Crippen molar-refractivity contribution in [1.29, 1.82) is 0 Å². The van der Waals surface area contributed by atoms with Crippen LogP contribution in [0.5, 0.6) is 0 Å². The molecule has 0 unspecified atom stereocenters. The van der Waals surface area contributed by atoms with E-state index in [1.54, 1.807) is 0 Å². The Hall–Kier alpha value is -1.85. The first-order valence-corrected chi connectivity index (χ1v) is 6.73. The van der Waals surface area contributed by atoms with Gasteiger partial charge in [0, 0.05) is 32.5 Å². The van der Waals surface area contributed by atoms with Crippen LogP contribution in [0, 0.1) is 0 Å². The number of hydrogen-bond acceptors (Lipinski definition) is 5. The third kappa shape index (κ3) is 6.03. The van der Waals surface area contributed by atoms with E-state index < -0.39 is 0 Å². The molecule has 106 valence electrons. The monoisotopic (exact) mass is 265 g/mol. The van der Waals surface area contributed by atoms with Crippen LogP contribution in [0.4, 0.5) is 11.6 Å². The largest absolute Gasteiger partial charge is 0.373 e. The van der Waals surface area contributed by atoms with Crippen molar-refractivity contribution in [2.75, 3.05) is 24.2 Å². The lowest BCUT2D eigenvalue weighted by Gasteiger charge is -2.09. The molecule has 0 fully saturated rings. The fourth-order valence-corrected chi connectivity index (χ4v) is 1.69. The Labute approximate surface area is 114 Å². The van der Waals surface area contributed by atoms with Crippen LogP contribution in [0.1, 0.15) is 38.4 Å². The van der Waals surface area contributed by atoms with E-state index in [2.05, 4.69) is 27.5 Å². The van der Waals surface area contributed by atoms with E-state index in [1.807, 2.05) is 13.1 Å². The number of aromatic nitrogens is 2. The van der Waals surface area contributed by atoms with Gasteiger partial charge in [-0.2, -0.15) is 0 Å². The summed E-state index contributed by atoms with van der Waals surface area (Å²) in [6.45, 7) is 2.88. The Bertz CT molecular complexity index is 408. The van der Waals surface area contributed by atoms with Gasteiger partial charge in [0.15, 0.2) is 0 Å². The highest BCUT2D eigenvalue weighted by Crippen LogP contribution is 2.12. The number of unbranched alkanes of at least 4 members (excludes halogenated alkanes) is 1. The summed E-state index contributed by atoms with van der Waals surface area (Å²) in [4.78, 5) is 19.4. The number of nitrogens with zero attached hydrogens (tertiary/aromatic N) is 2. The third-order valence-corrected chi connectivity index (χ3v) is 2.66. The third-order valence-electron chi connectivity index (χ3n) is 2.66. The molecule has 0 aliphatic heterocycles. The van der Waals surface area contributed by atoms with Crippen molar-refractivity contribution in [2.24, 2.45) is 5.73 Å². The van der Waals surface area contributed by atoms with Crippen LogP contribution in [0.15, 0.2) is 6.07 Å². The Balaban J connectivity index is 2.47. The molecular formula is C13H23N5O. The fraction of sp³-hybridized carbons (Fsp3) is 0.615. The summed E-state index contributed by atoms with van der Waals surface area (Å²) < 4.78 is 0. The van der Waals surface area contributed by atoms with Crippen LogP contribution < -0.4 is 16.4 Å². The van der Waals surface area contributed by atoms with Crippen molar-refractivity contribution < 1.29 is 4.79 Å². The summed E-state index contributed by atoms with van der Waals surface area (Å²) in [5, 5.41) is 6.28. The zero-order valence-electron chi connectivity index (χ0n) is 11.7. The summed E-state index contributed by atoms with van der Waals surface area (Å²) >= 11 is 0. The molecule has 0 saturated heterocycles. The minimum atomic E-state index is -0.246. The van der Waals surface area contributed by atoms with E-state index in [4.69, 9.17) is 5.73 Å². The van der Waals surface area contributed by atoms with Crippen LogP contribution in [-0.4, -0.2) is 29.5 Å². The standard InChI is InChI=1S/C13H23N5O/c1-3-6-11-17-12(15-2)9-13(18-11)16-8-5-4-7-10(14)19/h9H,3-8H2,1-2H3,(H2,14,19)(H2,15,16,17,18). The van der Waals surface area contributed by atoms with Gasteiger partial charge in [-0.25, -0.2) is 9.97 Å². The molecule has 0 aliphatic rings. The van der Waals surface area contributed by atoms with Crippen LogP contribution in [0.2, 0.25) is 0 Å². The van der Waals surface area contributed by atoms with Gasteiger partial charge >= 0.3 is 0 Å². The van der Waals surface area contributed by atoms with Gasteiger partial charge < -0.3 is 16.4 Å². The maximum absolute atomic E-state index is 10.6. The molecular weight excluding hydrogens is 242 g/mol. The van der Waals surface area contributed by atoms with E-state index >= 15 is 0 Å². The Kier molecular flexibility index (Phi) is 6.63. The van der Waals surface area contributed by atoms with E-state index in [9.17, 15) is 4.79 Å². The molecule has 0 spiro atoms. The molecule has 19 heavy (non-hydrogen) atoms. The maximum atomic E-state index is 10.6. The number of rotatable bonds is 9. The Morgan fingerprint density at radius 2 is 2.05 bits per heavy atom. The summed E-state index contributed by atoms with van der Waals surface area (Å²) in [5.41, 5.74) is 5.09. The molecule has 1 aromatic heterocycles. The highest BCUT2D eigenvalue weighted by atomic mass is 16.1. The molecule has 0 radical (unpaired) electrons. The molecule has 0 atom stereocenters. The van der Waals surface area contributed by atoms with Crippen molar-refractivity contribution in [2.45, 2.75) is 39.0 Å². The number of amides is 1. The second kappa shape index (κ2) is 8.29. The van der Waals surface area contributed by atoms with E-state index in [-0.39, 0.29) is 5.91 Å². The molecule has 6 heteroatoms. The summed E-state index contributed by atoms with van der Waals surface area (Å²) in [7, 11) is 1.84. The van der Waals surface area contributed by atoms with Gasteiger partial charge in [-0.1, -0.05) is 6.92 Å². The van der Waals surface area contributed by atoms with E-state index in [0.29, 0.717) is 6.42 Å². The zero-order chi connectivity index (χ0) is 14.1. The molecule has 0 saturated carbocycles. The molecule has 4 N–H and O–H groups in total. The van der Waals surface area contributed by atoms with Crippen LogP contribution in [0.25, 0.3) is 0 Å². The van der Waals surface area contributed by atoms with E-state index in [1.165, 1.54) is 0 Å². The van der Waals surface area contributed by atoms with Gasteiger partial charge in [0.25, 0.3) is 0 Å². The summed E-state index contributed by atoms with van der Waals surface area (Å²) in [5.74, 6) is 2.23. The number of hydrogen-bond donors (Lipinski definition) is 3. The molecule has 0 aliphatic carbocycles. The topological polar surface area (TPSA) is 92.9 Å². The number of primary amides is 1. The van der Waals surface area contributed by atoms with Gasteiger partial charge in [0.05, 0.1) is 0 Å². The number of carbonyl (C=O) groups is 1. The van der Waals surface area contributed by atoms with Gasteiger partial charge in [0.2, 0.25) is 5.91 Å². The van der Waals surface area contributed by atoms with Gasteiger partial charge in [-0.05, 0) is 19.3 Å². The van der Waals surface area contributed by atoms with Gasteiger partial charge in [-0.15, -0.1) is 0 Å². The highest BCUT2D eigenvalue weighted by molar-refractivity contribution is 5.73. The molecule has 1 aromatic rings. The van der Waals surface area contributed by atoms with Crippen molar-refractivity contribution in [1.82, 2.24) is 9.97 Å². The maximum Gasteiger partial charge on any atom is 0.217 e. The lowest BCUT2D eigenvalue weighted by molar-refractivity contribution is -0.118. The predicted molar refractivity (Wildman–Crippen MR) is 77.1 cm³/mol. The van der Waals surface area contributed by atoms with Crippen molar-refractivity contribution in [3.05, 3.63) is 11.9 Å². The zero-order valence-corrected chi connectivity index (χ0v) is 11.7. The highest BCUT2D eigenvalue weighted by Gasteiger charge is 2.03. The molecule has 0 bridgehead atoms. The van der Waals surface area contributed by atoms with Crippen LogP contribution in [-0.2, 0) is 11.2 Å². The average Bonchev–Trinajstić information content (AvgIpc) is 2.38. The lowest BCUT2D eigenvalue weighted by atomic mass is 10.2. The van der Waals surface area contributed by atoms with Gasteiger partial charge in [-0.3, -0.25) is 4.79 Å². The minimum Gasteiger partial charge on any atom is -0.373 e. The van der Waals surface area contributed by atoms with Crippen molar-refractivity contribution in [3.63, 3.8) is 0 Å². The number of aryl methyl sites for hydroxylation is 1. The smallest absolute Gasteiger partial charge is 0.217 e. The fourth-order valence-electron chi connectivity index (χ4n) is 1.69. The van der Waals surface area contributed by atoms with Crippen molar-refractivity contribution >= 4 is 17.5 Å². The summed E-state index contributed by atoms with van der Waals surface area (Å²) in [6.07, 6.45) is 4.02.